The molecule has 1 heterocycles. The van der Waals surface area contributed by atoms with Crippen LogP contribution in [0.4, 0.5) is 18.9 Å². The van der Waals surface area contributed by atoms with E-state index in [9.17, 15) is 40.1 Å². The third-order valence-electron chi connectivity index (χ3n) is 6.46. The van der Waals surface area contributed by atoms with Gasteiger partial charge in [-0.3, -0.25) is 10.1 Å². The monoisotopic (exact) mass is 519 g/mol. The number of fused-ring (bicyclic) bond motifs is 1. The van der Waals surface area contributed by atoms with Crippen LogP contribution >= 0.6 is 0 Å². The Hall–Kier alpha value is -2.55. The first-order valence-electron chi connectivity index (χ1n) is 10.2. The van der Waals surface area contributed by atoms with Crippen molar-refractivity contribution in [3.63, 3.8) is 0 Å². The number of benzene rings is 2. The Labute approximate surface area is 193 Å². The van der Waals surface area contributed by atoms with Crippen molar-refractivity contribution >= 4 is 25.5 Å². The largest absolute Gasteiger partial charge is 0.416 e. The van der Waals surface area contributed by atoms with Gasteiger partial charge in [-0.1, -0.05) is 12.1 Å². The zero-order valence-electron chi connectivity index (χ0n) is 17.4. The minimum absolute atomic E-state index is 0.132. The van der Waals surface area contributed by atoms with E-state index in [0.29, 0.717) is 25.1 Å². The minimum atomic E-state index is -4.72. The Kier molecular flexibility index (Phi) is 5.99. The predicted octanol–water partition coefficient (Wildman–Crippen LogP) is 2.69. The fraction of sp³-hybridized carbons (Fsp3) is 0.400. The van der Waals surface area contributed by atoms with Crippen molar-refractivity contribution in [2.45, 2.75) is 33.7 Å². The lowest BCUT2D eigenvalue weighted by Crippen LogP contribution is -2.57. The number of nitro groups is 1. The van der Waals surface area contributed by atoms with E-state index in [1.54, 1.807) is 0 Å². The first-order valence-corrected chi connectivity index (χ1v) is 13.2. The third-order valence-corrected chi connectivity index (χ3v) is 10.6. The second-order valence-corrected chi connectivity index (χ2v) is 12.2. The molecule has 1 saturated heterocycles. The molecule has 0 amide bonds. The molecule has 2 aromatic carbocycles. The van der Waals surface area contributed by atoms with Crippen molar-refractivity contribution < 1.29 is 34.9 Å². The summed E-state index contributed by atoms with van der Waals surface area (Å²) < 4.78 is 95.5. The number of rotatable bonds is 6. The summed E-state index contributed by atoms with van der Waals surface area (Å²) >= 11 is 0. The fourth-order valence-electron chi connectivity index (χ4n) is 4.83. The molecule has 2 aromatic rings. The molecule has 1 saturated carbocycles. The molecule has 0 aromatic heterocycles. The number of sulfone groups is 1. The molecule has 0 spiro atoms. The molecule has 2 fully saturated rings. The van der Waals surface area contributed by atoms with Gasteiger partial charge in [0.05, 0.1) is 15.4 Å². The third kappa shape index (κ3) is 3.97. The summed E-state index contributed by atoms with van der Waals surface area (Å²) in [7, 11) is -9.28. The number of nitro benzene ring substituents is 1. The maximum atomic E-state index is 13.8. The van der Waals surface area contributed by atoms with Crippen LogP contribution in [0.5, 0.6) is 0 Å². The first-order chi connectivity index (χ1) is 15.8. The van der Waals surface area contributed by atoms with Crippen LogP contribution in [0.3, 0.4) is 0 Å². The molecular formula is C20H20F3N3O6S2. The van der Waals surface area contributed by atoms with Gasteiger partial charge in [-0.2, -0.15) is 17.9 Å². The van der Waals surface area contributed by atoms with Crippen LogP contribution in [0.2, 0.25) is 0 Å². The summed E-state index contributed by atoms with van der Waals surface area (Å²) in [6, 6.07) is 7.38. The van der Waals surface area contributed by atoms with Gasteiger partial charge in [-0.05, 0) is 55.6 Å². The van der Waals surface area contributed by atoms with Crippen molar-refractivity contribution in [3.05, 3.63) is 64.2 Å². The lowest BCUT2D eigenvalue weighted by atomic mass is 9.98. The van der Waals surface area contributed by atoms with Crippen molar-refractivity contribution in [2.75, 3.05) is 13.1 Å². The van der Waals surface area contributed by atoms with Crippen LogP contribution in [-0.2, 0) is 26.0 Å². The second-order valence-electron chi connectivity index (χ2n) is 8.31. The number of hydrogen-bond acceptors (Lipinski definition) is 7. The molecule has 0 unspecified atom stereocenters. The van der Waals surface area contributed by atoms with E-state index in [1.807, 2.05) is 0 Å². The van der Waals surface area contributed by atoms with Crippen LogP contribution in [-0.4, -0.2) is 39.7 Å². The summed E-state index contributed by atoms with van der Waals surface area (Å²) in [6.45, 7) is 0.603. The Balaban J connectivity index is 1.84. The molecule has 3 atom stereocenters. The smallest absolute Gasteiger partial charge is 0.316 e. The summed E-state index contributed by atoms with van der Waals surface area (Å²) in [5.41, 5.74) is -1.77. The lowest BCUT2D eigenvalue weighted by Gasteiger charge is -2.35. The van der Waals surface area contributed by atoms with Crippen LogP contribution < -0.4 is 10.0 Å². The van der Waals surface area contributed by atoms with Crippen molar-refractivity contribution in [1.29, 1.82) is 0 Å². The van der Waals surface area contributed by atoms with Crippen LogP contribution in [0, 0.1) is 22.0 Å². The molecule has 34 heavy (non-hydrogen) atoms. The quantitative estimate of drug-likeness (QED) is 0.442. The van der Waals surface area contributed by atoms with Crippen molar-refractivity contribution in [1.82, 2.24) is 10.0 Å². The number of hydrogen-bond donors (Lipinski definition) is 2. The molecular weight excluding hydrogens is 499 g/mol. The fourth-order valence-corrected chi connectivity index (χ4v) is 9.07. The van der Waals surface area contributed by atoms with Gasteiger partial charge < -0.3 is 5.32 Å². The van der Waals surface area contributed by atoms with Gasteiger partial charge >= 0.3 is 6.18 Å². The van der Waals surface area contributed by atoms with Gasteiger partial charge in [-0.15, -0.1) is 0 Å². The zero-order chi connectivity index (χ0) is 24.9. The van der Waals surface area contributed by atoms with Gasteiger partial charge in [0, 0.05) is 18.5 Å². The van der Waals surface area contributed by atoms with Crippen LogP contribution in [0.25, 0.3) is 0 Å². The highest BCUT2D eigenvalue weighted by Crippen LogP contribution is 2.49. The van der Waals surface area contributed by atoms with Gasteiger partial charge in [0.25, 0.3) is 5.69 Å². The molecule has 9 nitrogen and oxygen atoms in total. The van der Waals surface area contributed by atoms with E-state index in [0.717, 1.165) is 24.3 Å². The molecule has 184 valence electrons. The summed E-state index contributed by atoms with van der Waals surface area (Å²) in [4.78, 5) is 7.24. The Morgan fingerprint density at radius 3 is 2.29 bits per heavy atom. The number of para-hydroxylation sites is 1. The van der Waals surface area contributed by atoms with Crippen molar-refractivity contribution in [2.24, 2.45) is 11.8 Å². The van der Waals surface area contributed by atoms with Gasteiger partial charge in [0.1, 0.15) is 4.87 Å². The van der Waals surface area contributed by atoms with Crippen LogP contribution in [0.15, 0.2) is 58.3 Å². The number of halogens is 3. The van der Waals surface area contributed by atoms with Gasteiger partial charge in [0.2, 0.25) is 10.0 Å². The van der Waals surface area contributed by atoms with Crippen molar-refractivity contribution in [3.8, 4) is 0 Å². The molecule has 1 aliphatic heterocycles. The average molecular weight is 520 g/mol. The topological polar surface area (TPSA) is 135 Å². The molecule has 0 bridgehead atoms. The Bertz CT molecular complexity index is 1330. The Morgan fingerprint density at radius 1 is 1.03 bits per heavy atom. The summed E-state index contributed by atoms with van der Waals surface area (Å²) in [6.07, 6.45) is -4.47. The van der Waals surface area contributed by atoms with E-state index in [-0.39, 0.29) is 18.9 Å². The van der Waals surface area contributed by atoms with E-state index in [4.69, 9.17) is 0 Å². The molecule has 0 radical (unpaired) electrons. The van der Waals surface area contributed by atoms with Crippen LogP contribution in [0.1, 0.15) is 18.4 Å². The lowest BCUT2D eigenvalue weighted by molar-refractivity contribution is -0.387. The number of alkyl halides is 3. The highest BCUT2D eigenvalue weighted by molar-refractivity contribution is 7.95. The summed E-state index contributed by atoms with van der Waals surface area (Å²) in [5.74, 6) is -0.921. The van der Waals surface area contributed by atoms with Gasteiger partial charge in [0.15, 0.2) is 14.7 Å². The zero-order valence-corrected chi connectivity index (χ0v) is 19.1. The number of nitrogens with one attached hydrogen (secondary N) is 2. The van der Waals surface area contributed by atoms with E-state index in [1.165, 1.54) is 12.1 Å². The highest BCUT2D eigenvalue weighted by atomic mass is 32.2. The Morgan fingerprint density at radius 2 is 1.68 bits per heavy atom. The molecule has 2 aliphatic rings. The van der Waals surface area contributed by atoms with E-state index >= 15 is 0 Å². The predicted molar refractivity (Wildman–Crippen MR) is 114 cm³/mol. The second kappa shape index (κ2) is 8.29. The maximum Gasteiger partial charge on any atom is 0.416 e. The maximum absolute atomic E-state index is 13.8. The molecule has 1 aliphatic carbocycles. The SMILES string of the molecule is O=[N+]([O-])c1ccccc1S(=O)(=O)N[C@]1(S(=O)(=O)c2ccc(C(F)(F)F)cc2)CC[C@@H]2CNC[C@@H]21. The van der Waals surface area contributed by atoms with E-state index in [2.05, 4.69) is 10.0 Å². The molecule has 4 rings (SSSR count). The van der Waals surface area contributed by atoms with Gasteiger partial charge in [-0.25, -0.2) is 16.8 Å². The summed E-state index contributed by atoms with van der Waals surface area (Å²) in [5, 5.41) is 14.4. The first kappa shape index (κ1) is 24.6. The average Bonchev–Trinajstić information content (AvgIpc) is 3.37. The standard InChI is InChI=1S/C20H20F3N3O6S2/c21-20(22,23)14-5-7-15(8-6-14)33(29,30)19(10-9-13-11-24-12-16(13)19)25-34(31,32)18-4-2-1-3-17(18)26(27)28/h1-8,13,16,24-25H,9-12H2/t13-,16+,19+/m1/s1. The minimum Gasteiger partial charge on any atom is -0.316 e. The van der Waals surface area contributed by atoms with E-state index < -0.39 is 62.8 Å². The number of nitrogens with zero attached hydrogens (tertiary/aromatic N) is 1. The molecule has 2 N–H and O–H groups in total. The number of sulfonamides is 1. The highest BCUT2D eigenvalue weighted by Gasteiger charge is 2.60. The normalized spacial score (nSPS) is 25.3. The molecule has 14 heteroatoms.